The number of nitrogens with one attached hydrogen (secondary N) is 1. The molecule has 1 rings (SSSR count). The third-order valence-corrected chi connectivity index (χ3v) is 3.75. The molecule has 0 radical (unpaired) electrons. The van der Waals surface area contributed by atoms with Crippen molar-refractivity contribution in [2.45, 2.75) is 32.6 Å². The molecule has 1 aromatic rings. The molecular formula is C15H24BrNO2. The van der Waals surface area contributed by atoms with E-state index in [9.17, 15) is 0 Å². The number of benzene rings is 1. The smallest absolute Gasteiger partial charge is 0.126 e. The molecule has 0 saturated carbocycles. The lowest BCUT2D eigenvalue weighted by atomic mass is 10.1. The van der Waals surface area contributed by atoms with Gasteiger partial charge in [0, 0.05) is 16.1 Å². The van der Waals surface area contributed by atoms with Gasteiger partial charge >= 0.3 is 0 Å². The quantitative estimate of drug-likeness (QED) is 0.699. The van der Waals surface area contributed by atoms with Crippen LogP contribution in [-0.4, -0.2) is 27.3 Å². The van der Waals surface area contributed by atoms with Crippen LogP contribution in [0.2, 0.25) is 0 Å². The van der Waals surface area contributed by atoms with Crippen molar-refractivity contribution in [2.75, 3.05) is 27.3 Å². The van der Waals surface area contributed by atoms with Crippen LogP contribution in [0.1, 0.15) is 31.7 Å². The summed E-state index contributed by atoms with van der Waals surface area (Å²) in [5.74, 6) is 1.71. The topological polar surface area (TPSA) is 30.5 Å². The molecule has 0 saturated heterocycles. The Balaban J connectivity index is 2.52. The van der Waals surface area contributed by atoms with Crippen LogP contribution in [0.15, 0.2) is 16.6 Å². The molecule has 0 fully saturated rings. The molecule has 0 amide bonds. The van der Waals surface area contributed by atoms with Gasteiger partial charge in [0.15, 0.2) is 0 Å². The van der Waals surface area contributed by atoms with Gasteiger partial charge in [-0.1, -0.05) is 22.9 Å². The van der Waals surface area contributed by atoms with Crippen LogP contribution >= 0.6 is 15.9 Å². The standard InChI is InChI=1S/C15H24BrNO2/c1-4-8-17-9-6-5-7-13-14(16)10-12(18-2)11-15(13)19-3/h10-11,17H,4-9H2,1-3H3. The SMILES string of the molecule is CCCNCCCCc1c(Br)cc(OC)cc1OC. The highest BCUT2D eigenvalue weighted by Crippen LogP contribution is 2.33. The highest BCUT2D eigenvalue weighted by Gasteiger charge is 2.10. The zero-order chi connectivity index (χ0) is 14.1. The zero-order valence-corrected chi connectivity index (χ0v) is 13.7. The number of unbranched alkanes of at least 4 members (excludes halogenated alkanes) is 1. The summed E-state index contributed by atoms with van der Waals surface area (Å²) in [4.78, 5) is 0. The Labute approximate surface area is 124 Å². The molecule has 19 heavy (non-hydrogen) atoms. The van der Waals surface area contributed by atoms with Gasteiger partial charge in [-0.15, -0.1) is 0 Å². The molecule has 3 nitrogen and oxygen atoms in total. The van der Waals surface area contributed by atoms with E-state index >= 15 is 0 Å². The van der Waals surface area contributed by atoms with Gasteiger partial charge in [-0.05, 0) is 44.8 Å². The number of hydrogen-bond donors (Lipinski definition) is 1. The third kappa shape index (κ3) is 5.41. The maximum absolute atomic E-state index is 5.44. The Morgan fingerprint density at radius 2 is 1.89 bits per heavy atom. The van der Waals surface area contributed by atoms with E-state index < -0.39 is 0 Å². The highest BCUT2D eigenvalue weighted by molar-refractivity contribution is 9.10. The summed E-state index contributed by atoms with van der Waals surface area (Å²) in [6.07, 6.45) is 4.54. The molecule has 0 unspecified atom stereocenters. The van der Waals surface area contributed by atoms with Gasteiger partial charge in [0.25, 0.3) is 0 Å². The number of rotatable bonds is 9. The van der Waals surface area contributed by atoms with Crippen molar-refractivity contribution in [3.8, 4) is 11.5 Å². The van der Waals surface area contributed by atoms with E-state index in [1.54, 1.807) is 14.2 Å². The molecule has 0 aliphatic heterocycles. The van der Waals surface area contributed by atoms with E-state index in [2.05, 4.69) is 28.2 Å². The van der Waals surface area contributed by atoms with Crippen LogP contribution in [-0.2, 0) is 6.42 Å². The molecule has 1 aromatic carbocycles. The van der Waals surface area contributed by atoms with Gasteiger partial charge < -0.3 is 14.8 Å². The predicted molar refractivity (Wildman–Crippen MR) is 83.3 cm³/mol. The fourth-order valence-electron chi connectivity index (χ4n) is 1.98. The predicted octanol–water partition coefficient (Wildman–Crippen LogP) is 3.79. The van der Waals surface area contributed by atoms with Crippen molar-refractivity contribution in [2.24, 2.45) is 0 Å². The molecule has 0 aromatic heterocycles. The lowest BCUT2D eigenvalue weighted by molar-refractivity contribution is 0.390. The zero-order valence-electron chi connectivity index (χ0n) is 12.1. The van der Waals surface area contributed by atoms with E-state index in [0.717, 1.165) is 41.9 Å². The van der Waals surface area contributed by atoms with Crippen LogP contribution in [0.5, 0.6) is 11.5 Å². The van der Waals surface area contributed by atoms with E-state index in [0.29, 0.717) is 0 Å². The van der Waals surface area contributed by atoms with Crippen LogP contribution in [0.3, 0.4) is 0 Å². The minimum Gasteiger partial charge on any atom is -0.497 e. The van der Waals surface area contributed by atoms with Crippen molar-refractivity contribution in [3.05, 3.63) is 22.2 Å². The molecule has 0 spiro atoms. The fourth-order valence-corrected chi connectivity index (χ4v) is 2.60. The van der Waals surface area contributed by atoms with Gasteiger partial charge in [-0.25, -0.2) is 0 Å². The first kappa shape index (κ1) is 16.3. The fraction of sp³-hybridized carbons (Fsp3) is 0.600. The average Bonchev–Trinajstić information content (AvgIpc) is 2.43. The summed E-state index contributed by atoms with van der Waals surface area (Å²) >= 11 is 3.60. The number of halogens is 1. The second-order valence-electron chi connectivity index (χ2n) is 4.50. The number of methoxy groups -OCH3 is 2. The Morgan fingerprint density at radius 1 is 1.11 bits per heavy atom. The monoisotopic (exact) mass is 329 g/mol. The first-order valence-electron chi connectivity index (χ1n) is 6.84. The largest absolute Gasteiger partial charge is 0.497 e. The Hall–Kier alpha value is -0.740. The van der Waals surface area contributed by atoms with E-state index in [1.165, 1.54) is 18.4 Å². The first-order valence-corrected chi connectivity index (χ1v) is 7.63. The maximum atomic E-state index is 5.44. The Morgan fingerprint density at radius 3 is 2.53 bits per heavy atom. The normalized spacial score (nSPS) is 10.5. The lowest BCUT2D eigenvalue weighted by Crippen LogP contribution is -2.15. The molecule has 1 N–H and O–H groups in total. The van der Waals surface area contributed by atoms with Crippen LogP contribution in [0.4, 0.5) is 0 Å². The van der Waals surface area contributed by atoms with E-state index in [1.807, 2.05) is 12.1 Å². The van der Waals surface area contributed by atoms with Gasteiger partial charge in [0.1, 0.15) is 11.5 Å². The van der Waals surface area contributed by atoms with Crippen molar-refractivity contribution in [1.82, 2.24) is 5.32 Å². The minimum atomic E-state index is 0.817. The summed E-state index contributed by atoms with van der Waals surface area (Å²) in [5, 5.41) is 3.42. The molecule has 4 heteroatoms. The van der Waals surface area contributed by atoms with E-state index in [4.69, 9.17) is 9.47 Å². The van der Waals surface area contributed by atoms with Crippen LogP contribution in [0.25, 0.3) is 0 Å². The molecule has 0 aliphatic rings. The molecular weight excluding hydrogens is 306 g/mol. The van der Waals surface area contributed by atoms with Crippen molar-refractivity contribution in [3.63, 3.8) is 0 Å². The molecule has 0 bridgehead atoms. The van der Waals surface area contributed by atoms with Crippen molar-refractivity contribution >= 4 is 15.9 Å². The summed E-state index contributed by atoms with van der Waals surface area (Å²) < 4.78 is 11.7. The van der Waals surface area contributed by atoms with E-state index in [-0.39, 0.29) is 0 Å². The van der Waals surface area contributed by atoms with Crippen LogP contribution < -0.4 is 14.8 Å². The summed E-state index contributed by atoms with van der Waals surface area (Å²) in [7, 11) is 3.37. The van der Waals surface area contributed by atoms with Gasteiger partial charge in [-0.2, -0.15) is 0 Å². The van der Waals surface area contributed by atoms with Gasteiger partial charge in [0.05, 0.1) is 14.2 Å². The first-order chi connectivity index (χ1) is 9.22. The van der Waals surface area contributed by atoms with Gasteiger partial charge in [0.2, 0.25) is 0 Å². The van der Waals surface area contributed by atoms with Crippen molar-refractivity contribution < 1.29 is 9.47 Å². The highest BCUT2D eigenvalue weighted by atomic mass is 79.9. The van der Waals surface area contributed by atoms with Crippen LogP contribution in [0, 0.1) is 0 Å². The van der Waals surface area contributed by atoms with Gasteiger partial charge in [-0.3, -0.25) is 0 Å². The number of ether oxygens (including phenoxy) is 2. The summed E-state index contributed by atoms with van der Waals surface area (Å²) in [6.45, 7) is 4.38. The maximum Gasteiger partial charge on any atom is 0.126 e. The summed E-state index contributed by atoms with van der Waals surface area (Å²) in [6, 6.07) is 3.93. The minimum absolute atomic E-state index is 0.817. The molecule has 0 heterocycles. The lowest BCUT2D eigenvalue weighted by Gasteiger charge is -2.13. The average molecular weight is 330 g/mol. The summed E-state index contributed by atoms with van der Waals surface area (Å²) in [5.41, 5.74) is 1.22. The Kier molecular flexibility index (Phi) is 7.91. The third-order valence-electron chi connectivity index (χ3n) is 3.04. The van der Waals surface area contributed by atoms with Crippen molar-refractivity contribution in [1.29, 1.82) is 0 Å². The molecule has 108 valence electrons. The second-order valence-corrected chi connectivity index (χ2v) is 5.35. The molecule has 0 atom stereocenters. The molecule has 0 aliphatic carbocycles. The second kappa shape index (κ2) is 9.21. The number of hydrogen-bond acceptors (Lipinski definition) is 3. The Bertz CT molecular complexity index is 383.